The highest BCUT2D eigenvalue weighted by Crippen LogP contribution is 2.04. The Bertz CT molecular complexity index is 421. The van der Waals surface area contributed by atoms with Crippen LogP contribution in [0.4, 0.5) is 0 Å². The minimum absolute atomic E-state index is 0.0443. The van der Waals surface area contributed by atoms with E-state index in [0.717, 1.165) is 5.75 Å². The van der Waals surface area contributed by atoms with Crippen LogP contribution < -0.4 is 5.32 Å². The molecule has 0 aliphatic carbocycles. The Kier molecular flexibility index (Phi) is 5.63. The largest absolute Gasteiger partial charge is 0.480 e. The van der Waals surface area contributed by atoms with Gasteiger partial charge in [-0.2, -0.15) is 11.8 Å². The van der Waals surface area contributed by atoms with Gasteiger partial charge in [-0.1, -0.05) is 12.1 Å². The normalized spacial score (nSPS) is 12.1. The van der Waals surface area contributed by atoms with E-state index in [1.54, 1.807) is 11.8 Å². The van der Waals surface area contributed by atoms with Crippen LogP contribution in [0.15, 0.2) is 6.20 Å². The molecule has 0 saturated carbocycles. The Hall–Kier alpha value is -1.57. The van der Waals surface area contributed by atoms with E-state index in [4.69, 9.17) is 5.11 Å². The number of carboxylic acids is 1. The van der Waals surface area contributed by atoms with Crippen molar-refractivity contribution in [1.82, 2.24) is 20.3 Å². The van der Waals surface area contributed by atoms with E-state index in [-0.39, 0.29) is 24.9 Å². The fourth-order valence-corrected chi connectivity index (χ4v) is 1.96. The summed E-state index contributed by atoms with van der Waals surface area (Å²) in [6.45, 7) is 1.88. The topological polar surface area (TPSA) is 97.1 Å². The molecule has 7 nitrogen and oxygen atoms in total. The van der Waals surface area contributed by atoms with Gasteiger partial charge in [0.15, 0.2) is 0 Å². The number of aliphatic carboxylic acids is 1. The van der Waals surface area contributed by atoms with Gasteiger partial charge in [0.2, 0.25) is 5.91 Å². The molecule has 1 aromatic heterocycles. The molecule has 1 amide bonds. The van der Waals surface area contributed by atoms with Crippen LogP contribution in [0.3, 0.4) is 0 Å². The van der Waals surface area contributed by atoms with Gasteiger partial charge >= 0.3 is 5.97 Å². The number of carboxylic acid groups (broad SMARTS) is 1. The highest BCUT2D eigenvalue weighted by Gasteiger charge is 2.12. The van der Waals surface area contributed by atoms with E-state index in [1.165, 1.54) is 10.9 Å². The monoisotopic (exact) mass is 272 g/mol. The first kappa shape index (κ1) is 14.5. The molecular formula is C10H16N4O3S. The predicted octanol–water partition coefficient (Wildman–Crippen LogP) is -0.0220. The smallest absolute Gasteiger partial charge is 0.325 e. The molecule has 1 atom stereocenters. The molecule has 18 heavy (non-hydrogen) atoms. The lowest BCUT2D eigenvalue weighted by atomic mass is 10.2. The first-order valence-electron chi connectivity index (χ1n) is 5.40. The van der Waals surface area contributed by atoms with Crippen LogP contribution >= 0.6 is 11.8 Å². The Morgan fingerprint density at radius 3 is 2.94 bits per heavy atom. The summed E-state index contributed by atoms with van der Waals surface area (Å²) in [4.78, 5) is 22.1. The van der Waals surface area contributed by atoms with Crippen LogP contribution in [0, 0.1) is 5.92 Å². The van der Waals surface area contributed by atoms with Crippen molar-refractivity contribution >= 4 is 23.6 Å². The van der Waals surface area contributed by atoms with Crippen LogP contribution in [0.5, 0.6) is 0 Å². The molecule has 0 spiro atoms. The molecule has 0 aliphatic rings. The van der Waals surface area contributed by atoms with Gasteiger partial charge in [-0.3, -0.25) is 9.59 Å². The van der Waals surface area contributed by atoms with Crippen molar-refractivity contribution in [2.75, 3.05) is 12.0 Å². The zero-order valence-electron chi connectivity index (χ0n) is 10.3. The molecule has 1 heterocycles. The second kappa shape index (κ2) is 7.00. The molecule has 8 heteroatoms. The van der Waals surface area contributed by atoms with Crippen LogP contribution in [0.2, 0.25) is 0 Å². The third kappa shape index (κ3) is 4.74. The van der Waals surface area contributed by atoms with Gasteiger partial charge in [0.05, 0.1) is 12.7 Å². The van der Waals surface area contributed by atoms with Gasteiger partial charge in [-0.15, -0.1) is 5.10 Å². The fourth-order valence-electron chi connectivity index (χ4n) is 1.31. The first-order chi connectivity index (χ1) is 8.52. The van der Waals surface area contributed by atoms with Gasteiger partial charge < -0.3 is 10.4 Å². The predicted molar refractivity (Wildman–Crippen MR) is 67.1 cm³/mol. The number of hydrogen-bond donors (Lipinski definition) is 2. The number of hydrogen-bond acceptors (Lipinski definition) is 5. The highest BCUT2D eigenvalue weighted by atomic mass is 32.2. The van der Waals surface area contributed by atoms with Gasteiger partial charge in [0, 0.05) is 11.7 Å². The lowest BCUT2D eigenvalue weighted by Crippen LogP contribution is -2.30. The van der Waals surface area contributed by atoms with Gasteiger partial charge in [-0.05, 0) is 6.26 Å². The highest BCUT2D eigenvalue weighted by molar-refractivity contribution is 7.98. The minimum atomic E-state index is -0.982. The van der Waals surface area contributed by atoms with E-state index < -0.39 is 5.97 Å². The number of carbonyl (C=O) groups is 2. The number of carbonyl (C=O) groups excluding carboxylic acids is 1. The first-order valence-corrected chi connectivity index (χ1v) is 6.79. The zero-order valence-corrected chi connectivity index (χ0v) is 11.1. The molecule has 0 radical (unpaired) electrons. The van der Waals surface area contributed by atoms with Crippen LogP contribution in [0.1, 0.15) is 12.6 Å². The van der Waals surface area contributed by atoms with Gasteiger partial charge in [0.1, 0.15) is 12.2 Å². The molecule has 0 bridgehead atoms. The van der Waals surface area contributed by atoms with E-state index in [9.17, 15) is 9.59 Å². The number of thioether (sulfide) groups is 1. The maximum absolute atomic E-state index is 11.6. The van der Waals surface area contributed by atoms with Crippen molar-refractivity contribution in [2.24, 2.45) is 5.92 Å². The van der Waals surface area contributed by atoms with Crippen molar-refractivity contribution in [3.05, 3.63) is 11.9 Å². The minimum Gasteiger partial charge on any atom is -0.480 e. The molecular weight excluding hydrogens is 256 g/mol. The second-order valence-corrected chi connectivity index (χ2v) is 4.79. The zero-order chi connectivity index (χ0) is 13.5. The number of amides is 1. The quantitative estimate of drug-likeness (QED) is 0.724. The summed E-state index contributed by atoms with van der Waals surface area (Å²) in [6.07, 6.45) is 3.45. The summed E-state index contributed by atoms with van der Waals surface area (Å²) < 4.78 is 1.22. The lowest BCUT2D eigenvalue weighted by Gasteiger charge is -2.09. The van der Waals surface area contributed by atoms with Crippen molar-refractivity contribution in [1.29, 1.82) is 0 Å². The maximum atomic E-state index is 11.6. The van der Waals surface area contributed by atoms with Crippen LogP contribution in [-0.4, -0.2) is 44.0 Å². The third-order valence-corrected chi connectivity index (χ3v) is 3.02. The summed E-state index contributed by atoms with van der Waals surface area (Å²) >= 11 is 1.61. The maximum Gasteiger partial charge on any atom is 0.325 e. The Labute approximate surface area is 109 Å². The molecule has 1 rings (SSSR count). The molecule has 0 aliphatic heterocycles. The summed E-state index contributed by atoms with van der Waals surface area (Å²) in [6, 6.07) is 0. The summed E-state index contributed by atoms with van der Waals surface area (Å²) in [5, 5.41) is 18.7. The van der Waals surface area contributed by atoms with E-state index in [1.807, 2.05) is 13.2 Å². The number of aromatic nitrogens is 3. The Balaban J connectivity index is 2.41. The molecule has 0 fully saturated rings. The van der Waals surface area contributed by atoms with Gasteiger partial charge in [0.25, 0.3) is 0 Å². The average Bonchev–Trinajstić information content (AvgIpc) is 2.73. The van der Waals surface area contributed by atoms with Crippen LogP contribution in [-0.2, 0) is 22.7 Å². The van der Waals surface area contributed by atoms with E-state index in [0.29, 0.717) is 5.69 Å². The van der Waals surface area contributed by atoms with E-state index in [2.05, 4.69) is 15.6 Å². The van der Waals surface area contributed by atoms with Crippen LogP contribution in [0.25, 0.3) is 0 Å². The summed E-state index contributed by atoms with van der Waals surface area (Å²) in [5.41, 5.74) is 0.543. The Morgan fingerprint density at radius 1 is 1.61 bits per heavy atom. The van der Waals surface area contributed by atoms with Crippen molar-refractivity contribution in [3.63, 3.8) is 0 Å². The Morgan fingerprint density at radius 2 is 2.33 bits per heavy atom. The summed E-state index contributed by atoms with van der Waals surface area (Å²) in [7, 11) is 0. The molecule has 0 aromatic carbocycles. The molecule has 0 saturated heterocycles. The SMILES string of the molecule is CSCC(C)C(=O)NCc1cn(CC(=O)O)nn1. The molecule has 2 N–H and O–H groups in total. The average molecular weight is 272 g/mol. The van der Waals surface area contributed by atoms with E-state index >= 15 is 0 Å². The van der Waals surface area contributed by atoms with Crippen molar-refractivity contribution < 1.29 is 14.7 Å². The number of nitrogens with one attached hydrogen (secondary N) is 1. The van der Waals surface area contributed by atoms with Gasteiger partial charge in [-0.25, -0.2) is 4.68 Å². The van der Waals surface area contributed by atoms with Crippen molar-refractivity contribution in [3.8, 4) is 0 Å². The molecule has 1 unspecified atom stereocenters. The lowest BCUT2D eigenvalue weighted by molar-refractivity contribution is -0.138. The third-order valence-electron chi connectivity index (χ3n) is 2.19. The second-order valence-electron chi connectivity index (χ2n) is 3.88. The summed E-state index contributed by atoms with van der Waals surface area (Å²) in [5.74, 6) is -0.326. The van der Waals surface area contributed by atoms with Crippen molar-refractivity contribution in [2.45, 2.75) is 20.0 Å². The number of nitrogens with zero attached hydrogens (tertiary/aromatic N) is 3. The fraction of sp³-hybridized carbons (Fsp3) is 0.600. The standard InChI is InChI=1S/C10H16N4O3S/c1-7(6-18-2)10(17)11-3-8-4-14(13-12-8)5-9(15)16/h4,7H,3,5-6H2,1-2H3,(H,11,17)(H,15,16). The molecule has 100 valence electrons. The molecule has 1 aromatic rings. The number of rotatable bonds is 7.